The third kappa shape index (κ3) is 5.50. The Hall–Kier alpha value is -3.35. The molecule has 2 aromatic rings. The van der Waals surface area contributed by atoms with Crippen molar-refractivity contribution in [3.8, 4) is 11.1 Å². The molecular weight excluding hydrogens is 444 g/mol. The van der Waals surface area contributed by atoms with E-state index in [4.69, 9.17) is 4.74 Å². The second-order valence-corrected chi connectivity index (χ2v) is 9.73. The highest BCUT2D eigenvalue weighted by Gasteiger charge is 2.37. The van der Waals surface area contributed by atoms with Crippen molar-refractivity contribution in [3.05, 3.63) is 59.7 Å². The first-order chi connectivity index (χ1) is 16.9. The van der Waals surface area contributed by atoms with Gasteiger partial charge in [0.25, 0.3) is 0 Å². The van der Waals surface area contributed by atoms with Crippen LogP contribution in [0.5, 0.6) is 0 Å². The van der Waals surface area contributed by atoms with Gasteiger partial charge in [-0.1, -0.05) is 75.2 Å². The van der Waals surface area contributed by atoms with Gasteiger partial charge < -0.3 is 20.1 Å². The van der Waals surface area contributed by atoms with Gasteiger partial charge in [-0.25, -0.2) is 4.79 Å². The number of hydrogen-bond acceptors (Lipinski definition) is 4. The van der Waals surface area contributed by atoms with Gasteiger partial charge >= 0.3 is 12.1 Å². The number of nitrogens with zero attached hydrogens (tertiary/aromatic N) is 1. The average molecular weight is 479 g/mol. The van der Waals surface area contributed by atoms with Gasteiger partial charge in [-0.05, 0) is 34.6 Å². The summed E-state index contributed by atoms with van der Waals surface area (Å²) in [5, 5.41) is 12.3. The van der Waals surface area contributed by atoms with E-state index in [-0.39, 0.29) is 43.4 Å². The number of nitrogens with one attached hydrogen (secondary N) is 1. The smallest absolute Gasteiger partial charge is 0.407 e. The number of benzene rings is 2. The van der Waals surface area contributed by atoms with Crippen LogP contribution in [0.2, 0.25) is 0 Å². The number of alkyl carbamates (subject to hydrolysis) is 1. The summed E-state index contributed by atoms with van der Waals surface area (Å²) in [6.45, 7) is 4.79. The van der Waals surface area contributed by atoms with Crippen LogP contribution < -0.4 is 5.32 Å². The van der Waals surface area contributed by atoms with Gasteiger partial charge in [-0.2, -0.15) is 0 Å². The molecule has 0 bridgehead atoms. The highest BCUT2D eigenvalue weighted by atomic mass is 16.5. The first-order valence-electron chi connectivity index (χ1n) is 12.5. The molecule has 1 fully saturated rings. The minimum Gasteiger partial charge on any atom is -0.481 e. The number of likely N-dealkylation sites (tertiary alicyclic amines) is 1. The maximum Gasteiger partial charge on any atom is 0.407 e. The SMILES string of the molecule is CCCCC(CC(=O)N1C[C@@H](C)[C@H](C(=O)O)C1)NC(=O)OCC1c2ccccc2-c2ccccc21. The van der Waals surface area contributed by atoms with E-state index in [2.05, 4.69) is 36.5 Å². The first kappa shape index (κ1) is 24.8. The lowest BCUT2D eigenvalue weighted by molar-refractivity contribution is -0.142. The number of amides is 2. The lowest BCUT2D eigenvalue weighted by atomic mass is 9.98. The number of carbonyl (C=O) groups is 3. The first-order valence-corrected chi connectivity index (χ1v) is 12.5. The summed E-state index contributed by atoms with van der Waals surface area (Å²) in [6.07, 6.45) is 2.09. The highest BCUT2D eigenvalue weighted by molar-refractivity contribution is 5.81. The molecule has 1 heterocycles. The quantitative estimate of drug-likeness (QED) is 0.547. The molecule has 186 valence electrons. The number of unbranched alkanes of at least 4 members (excludes halogenated alkanes) is 1. The minimum absolute atomic E-state index is 0.0251. The molecule has 35 heavy (non-hydrogen) atoms. The van der Waals surface area contributed by atoms with E-state index in [0.29, 0.717) is 13.0 Å². The van der Waals surface area contributed by atoms with Crippen molar-refractivity contribution in [1.82, 2.24) is 10.2 Å². The molecule has 2 aromatic carbocycles. The van der Waals surface area contributed by atoms with Crippen LogP contribution >= 0.6 is 0 Å². The van der Waals surface area contributed by atoms with Crippen LogP contribution in [0.4, 0.5) is 4.79 Å². The van der Waals surface area contributed by atoms with Gasteiger partial charge in [0.2, 0.25) is 5.91 Å². The molecule has 1 aliphatic heterocycles. The van der Waals surface area contributed by atoms with Crippen LogP contribution in [-0.2, 0) is 14.3 Å². The Labute approximate surface area is 206 Å². The zero-order valence-electron chi connectivity index (χ0n) is 20.4. The number of fused-ring (bicyclic) bond motifs is 3. The van der Waals surface area contributed by atoms with E-state index in [9.17, 15) is 19.5 Å². The predicted molar refractivity (Wildman–Crippen MR) is 133 cm³/mol. The van der Waals surface area contributed by atoms with Gasteiger partial charge in [-0.3, -0.25) is 9.59 Å². The maximum atomic E-state index is 12.9. The number of ether oxygens (including phenoxy) is 1. The molecule has 0 spiro atoms. The van der Waals surface area contributed by atoms with Crippen LogP contribution in [0, 0.1) is 11.8 Å². The number of carbonyl (C=O) groups excluding carboxylic acids is 2. The molecule has 1 aliphatic carbocycles. The number of carboxylic acids is 1. The second kappa shape index (κ2) is 10.9. The molecule has 0 aromatic heterocycles. The van der Waals surface area contributed by atoms with E-state index >= 15 is 0 Å². The van der Waals surface area contributed by atoms with Crippen LogP contribution in [0.25, 0.3) is 11.1 Å². The Morgan fingerprint density at radius 2 is 1.69 bits per heavy atom. The Morgan fingerprint density at radius 3 is 2.26 bits per heavy atom. The summed E-state index contributed by atoms with van der Waals surface area (Å²) in [4.78, 5) is 38.7. The summed E-state index contributed by atoms with van der Waals surface area (Å²) in [5.41, 5.74) is 4.64. The van der Waals surface area contributed by atoms with Gasteiger partial charge in [0.1, 0.15) is 6.61 Å². The molecule has 0 radical (unpaired) electrons. The maximum absolute atomic E-state index is 12.9. The third-order valence-corrected chi connectivity index (χ3v) is 7.28. The summed E-state index contributed by atoms with van der Waals surface area (Å²) < 4.78 is 5.67. The van der Waals surface area contributed by atoms with Crippen LogP contribution in [0.3, 0.4) is 0 Å². The van der Waals surface area contributed by atoms with Crippen molar-refractivity contribution in [2.75, 3.05) is 19.7 Å². The number of rotatable bonds is 9. The van der Waals surface area contributed by atoms with Crippen LogP contribution in [0.15, 0.2) is 48.5 Å². The van der Waals surface area contributed by atoms with Crippen molar-refractivity contribution in [2.45, 2.75) is 51.5 Å². The number of carboxylic acid groups (broad SMARTS) is 1. The molecule has 2 amide bonds. The Kier molecular flexibility index (Phi) is 7.73. The minimum atomic E-state index is -0.868. The monoisotopic (exact) mass is 478 g/mol. The van der Waals surface area contributed by atoms with Gasteiger partial charge in [0, 0.05) is 31.5 Å². The average Bonchev–Trinajstić information content (AvgIpc) is 3.39. The van der Waals surface area contributed by atoms with Gasteiger partial charge in [0.15, 0.2) is 0 Å². The fourth-order valence-corrected chi connectivity index (χ4v) is 5.31. The topological polar surface area (TPSA) is 95.9 Å². The standard InChI is InChI=1S/C28H34N2O5/c1-3-4-9-19(14-26(31)30-15-18(2)24(16-30)27(32)33)29-28(34)35-17-25-22-12-7-5-10-20(22)21-11-6-8-13-23(21)25/h5-8,10-13,18-19,24-25H,3-4,9,14-17H2,1-2H3,(H,29,34)(H,32,33)/t18-,19?,24-/m1/s1. The Morgan fingerprint density at radius 1 is 1.06 bits per heavy atom. The lowest BCUT2D eigenvalue weighted by Crippen LogP contribution is -2.41. The van der Waals surface area contributed by atoms with E-state index in [0.717, 1.165) is 24.0 Å². The molecular formula is C28H34N2O5. The lowest BCUT2D eigenvalue weighted by Gasteiger charge is -2.23. The van der Waals surface area contributed by atoms with E-state index in [1.165, 1.54) is 11.1 Å². The normalized spacial score (nSPS) is 19.7. The van der Waals surface area contributed by atoms with E-state index in [1.54, 1.807) is 4.90 Å². The summed E-state index contributed by atoms with van der Waals surface area (Å²) in [6, 6.07) is 16.0. The molecule has 1 unspecified atom stereocenters. The largest absolute Gasteiger partial charge is 0.481 e. The molecule has 7 heteroatoms. The molecule has 2 aliphatic rings. The molecule has 1 saturated heterocycles. The Balaban J connectivity index is 1.36. The molecule has 4 rings (SSSR count). The van der Waals surface area contributed by atoms with Crippen molar-refractivity contribution >= 4 is 18.0 Å². The summed E-state index contributed by atoms with van der Waals surface area (Å²) in [7, 11) is 0. The van der Waals surface area contributed by atoms with Crippen LogP contribution in [0.1, 0.15) is 56.6 Å². The third-order valence-electron chi connectivity index (χ3n) is 7.28. The van der Waals surface area contributed by atoms with Gasteiger partial charge in [-0.15, -0.1) is 0 Å². The zero-order valence-corrected chi connectivity index (χ0v) is 20.4. The Bertz CT molecular complexity index is 1040. The molecule has 2 N–H and O–H groups in total. The summed E-state index contributed by atoms with van der Waals surface area (Å²) in [5.74, 6) is -1.64. The zero-order chi connectivity index (χ0) is 24.9. The fourth-order valence-electron chi connectivity index (χ4n) is 5.31. The van der Waals surface area contributed by atoms with Crippen molar-refractivity contribution in [3.63, 3.8) is 0 Å². The fraction of sp³-hybridized carbons (Fsp3) is 0.464. The molecule has 0 saturated carbocycles. The van der Waals surface area contributed by atoms with E-state index < -0.39 is 18.0 Å². The van der Waals surface area contributed by atoms with Crippen molar-refractivity contribution in [1.29, 1.82) is 0 Å². The van der Waals surface area contributed by atoms with E-state index in [1.807, 2.05) is 31.2 Å². The highest BCUT2D eigenvalue weighted by Crippen LogP contribution is 2.44. The van der Waals surface area contributed by atoms with Crippen molar-refractivity contribution < 1.29 is 24.2 Å². The number of aliphatic carboxylic acids is 1. The number of hydrogen-bond donors (Lipinski definition) is 2. The van der Waals surface area contributed by atoms with Gasteiger partial charge in [0.05, 0.1) is 5.92 Å². The second-order valence-electron chi connectivity index (χ2n) is 9.73. The van der Waals surface area contributed by atoms with Crippen molar-refractivity contribution in [2.24, 2.45) is 11.8 Å². The van der Waals surface area contributed by atoms with Crippen LogP contribution in [-0.4, -0.2) is 53.7 Å². The summed E-state index contributed by atoms with van der Waals surface area (Å²) >= 11 is 0. The molecule has 7 nitrogen and oxygen atoms in total. The molecule has 3 atom stereocenters. The predicted octanol–water partition coefficient (Wildman–Crippen LogP) is 4.65.